The first kappa shape index (κ1) is 13.2. The molecule has 0 radical (unpaired) electrons. The number of hydrogen-bond acceptors (Lipinski definition) is 2. The number of thioether (sulfide) groups is 1. The lowest BCUT2D eigenvalue weighted by Gasteiger charge is -2.13. The molecule has 1 unspecified atom stereocenters. The van der Waals surface area contributed by atoms with Crippen molar-refractivity contribution in [2.75, 3.05) is 6.54 Å². The molecule has 0 aliphatic rings. The minimum atomic E-state index is 0.562. The Bertz CT molecular complexity index is 317. The number of hydrogen-bond donors (Lipinski definition) is 1. The molecule has 0 aromatic heterocycles. The van der Waals surface area contributed by atoms with E-state index in [1.54, 1.807) is 0 Å². The molecule has 0 saturated heterocycles. The third-order valence-electron chi connectivity index (χ3n) is 2.14. The molecule has 0 amide bonds. The minimum absolute atomic E-state index is 0.562. The van der Waals surface area contributed by atoms with E-state index < -0.39 is 0 Å². The Hall–Kier alpha value is 0.110. The highest BCUT2D eigenvalue weighted by molar-refractivity contribution is 8.00. The second-order valence-electron chi connectivity index (χ2n) is 3.30. The monoisotopic (exact) mass is 263 g/mol. The summed E-state index contributed by atoms with van der Waals surface area (Å²) in [5, 5.41) is 1.78. The maximum atomic E-state index is 5.95. The maximum Gasteiger partial charge on any atom is 0.0603 e. The van der Waals surface area contributed by atoms with Crippen molar-refractivity contribution in [3.8, 4) is 0 Å². The van der Waals surface area contributed by atoms with E-state index in [1.165, 1.54) is 0 Å². The summed E-state index contributed by atoms with van der Waals surface area (Å²) in [6.45, 7) is 2.90. The maximum absolute atomic E-state index is 5.95. The molecule has 0 aliphatic heterocycles. The van der Waals surface area contributed by atoms with E-state index in [2.05, 4.69) is 6.92 Å². The van der Waals surface area contributed by atoms with Gasteiger partial charge in [0.2, 0.25) is 0 Å². The summed E-state index contributed by atoms with van der Waals surface area (Å²) in [6.07, 6.45) is 2.14. The summed E-state index contributed by atoms with van der Waals surface area (Å²) in [7, 11) is 0. The standard InChI is InChI=1S/C11H15Cl2NS/c1-2-8(5-6-14)15-9-3-4-10(12)11(13)7-9/h3-4,7-8H,2,5-6,14H2,1H3. The van der Waals surface area contributed by atoms with Crippen LogP contribution in [0.1, 0.15) is 19.8 Å². The predicted octanol–water partition coefficient (Wildman–Crippen LogP) is 4.21. The fourth-order valence-corrected chi connectivity index (χ4v) is 2.78. The second-order valence-corrected chi connectivity index (χ2v) is 5.49. The number of halogens is 2. The van der Waals surface area contributed by atoms with Crippen LogP contribution in [0.3, 0.4) is 0 Å². The Morgan fingerprint density at radius 3 is 2.60 bits per heavy atom. The van der Waals surface area contributed by atoms with Gasteiger partial charge in [0, 0.05) is 10.1 Å². The molecule has 84 valence electrons. The van der Waals surface area contributed by atoms with Crippen LogP contribution in [0.15, 0.2) is 23.1 Å². The van der Waals surface area contributed by atoms with E-state index >= 15 is 0 Å². The zero-order valence-corrected chi connectivity index (χ0v) is 11.0. The van der Waals surface area contributed by atoms with E-state index in [-0.39, 0.29) is 0 Å². The lowest BCUT2D eigenvalue weighted by Crippen LogP contribution is -2.09. The molecular weight excluding hydrogens is 249 g/mol. The zero-order chi connectivity index (χ0) is 11.3. The third-order valence-corrected chi connectivity index (χ3v) is 4.31. The summed E-state index contributed by atoms with van der Waals surface area (Å²) in [5.74, 6) is 0. The van der Waals surface area contributed by atoms with Crippen molar-refractivity contribution in [2.45, 2.75) is 29.9 Å². The molecule has 1 aromatic rings. The van der Waals surface area contributed by atoms with Gasteiger partial charge in [0.1, 0.15) is 0 Å². The predicted molar refractivity (Wildman–Crippen MR) is 70.1 cm³/mol. The van der Waals surface area contributed by atoms with Gasteiger partial charge in [-0.1, -0.05) is 30.1 Å². The van der Waals surface area contributed by atoms with Gasteiger partial charge in [0.05, 0.1) is 10.0 Å². The molecule has 15 heavy (non-hydrogen) atoms. The molecule has 1 rings (SSSR count). The molecular formula is C11H15Cl2NS. The van der Waals surface area contributed by atoms with Crippen LogP contribution in [0.4, 0.5) is 0 Å². The van der Waals surface area contributed by atoms with Gasteiger partial charge in [-0.15, -0.1) is 11.8 Å². The second kappa shape index (κ2) is 6.64. The van der Waals surface area contributed by atoms with Gasteiger partial charge < -0.3 is 5.73 Å². The lowest BCUT2D eigenvalue weighted by molar-refractivity contribution is 0.745. The molecule has 1 nitrogen and oxygen atoms in total. The summed E-state index contributed by atoms with van der Waals surface area (Å²) < 4.78 is 0. The fourth-order valence-electron chi connectivity index (χ4n) is 1.27. The first-order valence-corrected chi connectivity index (χ1v) is 6.62. The van der Waals surface area contributed by atoms with E-state index in [0.29, 0.717) is 15.3 Å². The van der Waals surface area contributed by atoms with Crippen LogP contribution >= 0.6 is 35.0 Å². The number of nitrogens with two attached hydrogens (primary N) is 1. The Morgan fingerprint density at radius 1 is 1.33 bits per heavy atom. The number of rotatable bonds is 5. The van der Waals surface area contributed by atoms with Gasteiger partial charge in [-0.2, -0.15) is 0 Å². The van der Waals surface area contributed by atoms with E-state index in [0.717, 1.165) is 24.3 Å². The first-order valence-electron chi connectivity index (χ1n) is 4.99. The fraction of sp³-hybridized carbons (Fsp3) is 0.455. The summed E-state index contributed by atoms with van der Waals surface area (Å²) in [4.78, 5) is 1.16. The molecule has 1 aromatic carbocycles. The van der Waals surface area contributed by atoms with Crippen LogP contribution in [0.2, 0.25) is 10.0 Å². The number of benzene rings is 1. The normalized spacial score (nSPS) is 12.8. The Balaban J connectivity index is 2.66. The lowest BCUT2D eigenvalue weighted by atomic mass is 10.2. The van der Waals surface area contributed by atoms with Gasteiger partial charge >= 0.3 is 0 Å². The van der Waals surface area contributed by atoms with Crippen LogP contribution in [0, 0.1) is 0 Å². The van der Waals surface area contributed by atoms with Gasteiger partial charge in [0.15, 0.2) is 0 Å². The van der Waals surface area contributed by atoms with Crippen LogP contribution in [-0.4, -0.2) is 11.8 Å². The highest BCUT2D eigenvalue weighted by atomic mass is 35.5. The minimum Gasteiger partial charge on any atom is -0.330 e. The van der Waals surface area contributed by atoms with Crippen LogP contribution in [0.25, 0.3) is 0 Å². The molecule has 0 heterocycles. The van der Waals surface area contributed by atoms with Crippen molar-refractivity contribution in [2.24, 2.45) is 5.73 Å². The Labute approximate surface area is 105 Å². The van der Waals surface area contributed by atoms with Crippen molar-refractivity contribution >= 4 is 35.0 Å². The summed E-state index contributed by atoms with van der Waals surface area (Å²) in [6, 6.07) is 5.74. The Kier molecular flexibility index (Phi) is 5.83. The van der Waals surface area contributed by atoms with Crippen molar-refractivity contribution in [1.82, 2.24) is 0 Å². The molecule has 1 atom stereocenters. The van der Waals surface area contributed by atoms with Crippen molar-refractivity contribution < 1.29 is 0 Å². The average molecular weight is 264 g/mol. The summed E-state index contributed by atoms with van der Waals surface area (Å²) in [5.41, 5.74) is 5.55. The van der Waals surface area contributed by atoms with Gasteiger partial charge in [-0.05, 0) is 37.6 Å². The molecule has 4 heteroatoms. The van der Waals surface area contributed by atoms with E-state index in [4.69, 9.17) is 28.9 Å². The first-order chi connectivity index (χ1) is 7.17. The van der Waals surface area contributed by atoms with E-state index in [9.17, 15) is 0 Å². The SMILES string of the molecule is CCC(CCN)Sc1ccc(Cl)c(Cl)c1. The molecule has 0 bridgehead atoms. The quantitative estimate of drug-likeness (QED) is 0.806. The summed E-state index contributed by atoms with van der Waals surface area (Å²) >= 11 is 13.6. The van der Waals surface area contributed by atoms with Crippen molar-refractivity contribution in [1.29, 1.82) is 0 Å². The third kappa shape index (κ3) is 4.23. The molecule has 0 fully saturated rings. The van der Waals surface area contributed by atoms with Gasteiger partial charge in [-0.3, -0.25) is 0 Å². The zero-order valence-electron chi connectivity index (χ0n) is 8.67. The molecule has 0 aliphatic carbocycles. The molecule has 0 saturated carbocycles. The average Bonchev–Trinajstić information content (AvgIpc) is 2.23. The van der Waals surface area contributed by atoms with Crippen LogP contribution in [0.5, 0.6) is 0 Å². The highest BCUT2D eigenvalue weighted by Gasteiger charge is 2.08. The van der Waals surface area contributed by atoms with Gasteiger partial charge in [0.25, 0.3) is 0 Å². The topological polar surface area (TPSA) is 26.0 Å². The van der Waals surface area contributed by atoms with Crippen molar-refractivity contribution in [3.05, 3.63) is 28.2 Å². The van der Waals surface area contributed by atoms with E-state index in [1.807, 2.05) is 30.0 Å². The Morgan fingerprint density at radius 2 is 2.07 bits per heavy atom. The van der Waals surface area contributed by atoms with Crippen LogP contribution < -0.4 is 5.73 Å². The van der Waals surface area contributed by atoms with Crippen LogP contribution in [-0.2, 0) is 0 Å². The highest BCUT2D eigenvalue weighted by Crippen LogP contribution is 2.32. The van der Waals surface area contributed by atoms with Gasteiger partial charge in [-0.25, -0.2) is 0 Å². The largest absolute Gasteiger partial charge is 0.330 e. The molecule has 2 N–H and O–H groups in total. The van der Waals surface area contributed by atoms with Crippen molar-refractivity contribution in [3.63, 3.8) is 0 Å². The molecule has 0 spiro atoms. The smallest absolute Gasteiger partial charge is 0.0603 e.